The molecule has 0 bridgehead atoms. The minimum Gasteiger partial charge on any atom is -0.355 e. The average Bonchev–Trinajstić information content (AvgIpc) is 3.29. The van der Waals surface area contributed by atoms with Crippen LogP contribution in [0.15, 0.2) is 28.7 Å². The Morgan fingerprint density at radius 2 is 2.03 bits per heavy atom. The van der Waals surface area contributed by atoms with Gasteiger partial charge in [-0.25, -0.2) is 4.98 Å². The standard InChI is InChI=1S/C21H27N5OS2/c1-13(2)20-23-17(11-28-20)8-9-22-19(27)12-29-21-25-24-16(5)26(21)18-10-14(3)6-7-15(18)4/h6-7,10-11,13H,8-9,12H2,1-5H3,(H,22,27). The lowest BCUT2D eigenvalue weighted by Gasteiger charge is -2.12. The van der Waals surface area contributed by atoms with Crippen LogP contribution in [0.4, 0.5) is 0 Å². The molecule has 0 saturated heterocycles. The number of carbonyl (C=O) groups excluding carboxylic acids is 1. The van der Waals surface area contributed by atoms with Crippen molar-refractivity contribution >= 4 is 29.0 Å². The third kappa shape index (κ3) is 5.45. The van der Waals surface area contributed by atoms with Crippen molar-refractivity contribution in [1.29, 1.82) is 0 Å². The van der Waals surface area contributed by atoms with E-state index in [1.54, 1.807) is 11.3 Å². The third-order valence-electron chi connectivity index (χ3n) is 4.50. The number of hydrogen-bond acceptors (Lipinski definition) is 6. The molecule has 0 fully saturated rings. The minimum atomic E-state index is -0.0116. The summed E-state index contributed by atoms with van der Waals surface area (Å²) in [5.41, 5.74) is 4.42. The van der Waals surface area contributed by atoms with Gasteiger partial charge in [-0.3, -0.25) is 9.36 Å². The fourth-order valence-electron chi connectivity index (χ4n) is 2.89. The van der Waals surface area contributed by atoms with Crippen molar-refractivity contribution in [1.82, 2.24) is 25.1 Å². The summed E-state index contributed by atoms with van der Waals surface area (Å²) in [6.45, 7) is 10.9. The highest BCUT2D eigenvalue weighted by Crippen LogP contribution is 2.25. The maximum Gasteiger partial charge on any atom is 0.230 e. The molecule has 0 radical (unpaired) electrons. The number of aryl methyl sites for hydroxylation is 3. The number of thioether (sulfide) groups is 1. The highest BCUT2D eigenvalue weighted by Gasteiger charge is 2.15. The largest absolute Gasteiger partial charge is 0.355 e. The maximum absolute atomic E-state index is 12.3. The number of aromatic nitrogens is 4. The van der Waals surface area contributed by atoms with Crippen LogP contribution in [0.3, 0.4) is 0 Å². The van der Waals surface area contributed by atoms with Crippen LogP contribution in [0.25, 0.3) is 5.69 Å². The summed E-state index contributed by atoms with van der Waals surface area (Å²) in [5, 5.41) is 15.4. The van der Waals surface area contributed by atoms with E-state index >= 15 is 0 Å². The van der Waals surface area contributed by atoms with Crippen LogP contribution in [0.1, 0.15) is 47.4 Å². The number of thiazole rings is 1. The molecule has 1 amide bonds. The van der Waals surface area contributed by atoms with Gasteiger partial charge in [0.05, 0.1) is 22.1 Å². The Bertz CT molecular complexity index is 993. The van der Waals surface area contributed by atoms with Gasteiger partial charge in [-0.05, 0) is 38.0 Å². The third-order valence-corrected chi connectivity index (χ3v) is 6.62. The Morgan fingerprint density at radius 1 is 1.24 bits per heavy atom. The number of carbonyl (C=O) groups is 1. The Morgan fingerprint density at radius 3 is 2.76 bits per heavy atom. The summed E-state index contributed by atoms with van der Waals surface area (Å²) >= 11 is 3.09. The van der Waals surface area contributed by atoms with Gasteiger partial charge in [0.15, 0.2) is 5.16 Å². The molecule has 0 saturated carbocycles. The van der Waals surface area contributed by atoms with Crippen molar-refractivity contribution < 1.29 is 4.79 Å². The van der Waals surface area contributed by atoms with Crippen LogP contribution >= 0.6 is 23.1 Å². The monoisotopic (exact) mass is 429 g/mol. The lowest BCUT2D eigenvalue weighted by molar-refractivity contribution is -0.118. The van der Waals surface area contributed by atoms with Gasteiger partial charge in [0.2, 0.25) is 5.91 Å². The van der Waals surface area contributed by atoms with Crippen LogP contribution in [-0.2, 0) is 11.2 Å². The molecule has 3 rings (SSSR count). The van der Waals surface area contributed by atoms with E-state index < -0.39 is 0 Å². The van der Waals surface area contributed by atoms with E-state index in [-0.39, 0.29) is 5.91 Å². The van der Waals surface area contributed by atoms with Crippen molar-refractivity contribution in [3.8, 4) is 5.69 Å². The Labute approximate surface area is 180 Å². The molecule has 1 N–H and O–H groups in total. The lowest BCUT2D eigenvalue weighted by Crippen LogP contribution is -2.27. The van der Waals surface area contributed by atoms with Crippen LogP contribution in [0, 0.1) is 20.8 Å². The number of nitrogens with one attached hydrogen (secondary N) is 1. The molecule has 2 heterocycles. The topological polar surface area (TPSA) is 72.7 Å². The molecule has 8 heteroatoms. The van der Waals surface area contributed by atoms with Crippen molar-refractivity contribution in [2.45, 2.75) is 52.1 Å². The first kappa shape index (κ1) is 21.5. The van der Waals surface area contributed by atoms with Crippen molar-refractivity contribution in [3.63, 3.8) is 0 Å². The fourth-order valence-corrected chi connectivity index (χ4v) is 4.58. The van der Waals surface area contributed by atoms with E-state index in [2.05, 4.69) is 71.8 Å². The van der Waals surface area contributed by atoms with E-state index in [1.807, 2.05) is 11.5 Å². The first-order chi connectivity index (χ1) is 13.8. The summed E-state index contributed by atoms with van der Waals surface area (Å²) in [7, 11) is 0. The molecule has 0 aliphatic carbocycles. The van der Waals surface area contributed by atoms with Gasteiger partial charge in [0, 0.05) is 24.3 Å². The van der Waals surface area contributed by atoms with Crippen LogP contribution < -0.4 is 5.32 Å². The van der Waals surface area contributed by atoms with Gasteiger partial charge in [0.1, 0.15) is 5.82 Å². The van der Waals surface area contributed by atoms with Gasteiger partial charge in [0.25, 0.3) is 0 Å². The van der Waals surface area contributed by atoms with Crippen molar-refractivity contribution in [3.05, 3.63) is 51.2 Å². The van der Waals surface area contributed by atoms with Crippen molar-refractivity contribution in [2.24, 2.45) is 0 Å². The van der Waals surface area contributed by atoms with E-state index in [1.165, 1.54) is 17.3 Å². The average molecular weight is 430 g/mol. The predicted molar refractivity (Wildman–Crippen MR) is 119 cm³/mol. The minimum absolute atomic E-state index is 0.0116. The molecule has 1 aromatic carbocycles. The molecule has 0 spiro atoms. The first-order valence-electron chi connectivity index (χ1n) is 9.68. The summed E-state index contributed by atoms with van der Waals surface area (Å²) in [4.78, 5) is 16.9. The fraction of sp³-hybridized carbons (Fsp3) is 0.429. The summed E-state index contributed by atoms with van der Waals surface area (Å²) < 4.78 is 2.02. The van der Waals surface area contributed by atoms with E-state index in [9.17, 15) is 4.79 Å². The second-order valence-electron chi connectivity index (χ2n) is 7.38. The van der Waals surface area contributed by atoms with E-state index in [4.69, 9.17) is 0 Å². The molecule has 154 valence electrons. The molecule has 6 nitrogen and oxygen atoms in total. The second-order valence-corrected chi connectivity index (χ2v) is 9.21. The smallest absolute Gasteiger partial charge is 0.230 e. The van der Waals surface area contributed by atoms with E-state index in [0.717, 1.165) is 39.4 Å². The maximum atomic E-state index is 12.3. The first-order valence-corrected chi connectivity index (χ1v) is 11.5. The molecule has 0 aliphatic heterocycles. The van der Waals surface area contributed by atoms with Gasteiger partial charge < -0.3 is 5.32 Å². The highest BCUT2D eigenvalue weighted by molar-refractivity contribution is 7.99. The van der Waals surface area contributed by atoms with Crippen molar-refractivity contribution in [2.75, 3.05) is 12.3 Å². The summed E-state index contributed by atoms with van der Waals surface area (Å²) in [6, 6.07) is 6.30. The molecule has 3 aromatic rings. The van der Waals surface area contributed by atoms with Crippen LogP contribution in [-0.4, -0.2) is 38.0 Å². The van der Waals surface area contributed by atoms with Crippen LogP contribution in [0.2, 0.25) is 0 Å². The molecule has 0 unspecified atom stereocenters. The molecule has 0 atom stereocenters. The zero-order valence-electron chi connectivity index (χ0n) is 17.5. The van der Waals surface area contributed by atoms with Gasteiger partial charge >= 0.3 is 0 Å². The molecule has 0 aliphatic rings. The zero-order chi connectivity index (χ0) is 21.0. The number of hydrogen-bond donors (Lipinski definition) is 1. The quantitative estimate of drug-likeness (QED) is 0.543. The second kappa shape index (κ2) is 9.54. The Hall–Kier alpha value is -2.19. The van der Waals surface area contributed by atoms with Gasteiger partial charge in [-0.2, -0.15) is 0 Å². The van der Waals surface area contributed by atoms with E-state index in [0.29, 0.717) is 18.2 Å². The summed E-state index contributed by atoms with van der Waals surface area (Å²) in [6.07, 6.45) is 0.747. The molecular formula is C21H27N5OS2. The molecule has 2 aromatic heterocycles. The number of benzene rings is 1. The lowest BCUT2D eigenvalue weighted by atomic mass is 10.1. The summed E-state index contributed by atoms with van der Waals surface area (Å²) in [5.74, 6) is 1.54. The SMILES string of the molecule is Cc1ccc(C)c(-n2c(C)nnc2SCC(=O)NCCc2csc(C(C)C)n2)c1. The Kier molecular flexibility index (Phi) is 7.08. The highest BCUT2D eigenvalue weighted by atomic mass is 32.2. The zero-order valence-corrected chi connectivity index (χ0v) is 19.2. The number of nitrogens with zero attached hydrogens (tertiary/aromatic N) is 4. The molecule has 29 heavy (non-hydrogen) atoms. The van der Waals surface area contributed by atoms with Gasteiger partial charge in [-0.1, -0.05) is 37.7 Å². The molecular weight excluding hydrogens is 402 g/mol. The predicted octanol–water partition coefficient (Wildman–Crippen LogP) is 4.22. The Balaban J connectivity index is 1.56. The number of amides is 1. The normalized spacial score (nSPS) is 11.2. The van der Waals surface area contributed by atoms with Gasteiger partial charge in [-0.15, -0.1) is 21.5 Å². The number of rotatable bonds is 8. The van der Waals surface area contributed by atoms with Crippen LogP contribution in [0.5, 0.6) is 0 Å².